The third-order valence-corrected chi connectivity index (χ3v) is 6.72. The molecule has 2 saturated heterocycles. The number of carbonyl (C=O) groups excluding carboxylic acids is 2. The second kappa shape index (κ2) is 10.9. The Morgan fingerprint density at radius 3 is 2.80 bits per heavy atom. The molecule has 10 nitrogen and oxygen atoms in total. The summed E-state index contributed by atoms with van der Waals surface area (Å²) in [6.45, 7) is 5.94. The molecule has 11 heteroatoms. The van der Waals surface area contributed by atoms with Gasteiger partial charge in [0.05, 0.1) is 12.7 Å². The van der Waals surface area contributed by atoms with Crippen LogP contribution in [0.1, 0.15) is 32.3 Å². The third kappa shape index (κ3) is 4.86. The van der Waals surface area contributed by atoms with Gasteiger partial charge in [-0.05, 0) is 27.9 Å². The van der Waals surface area contributed by atoms with E-state index in [0.717, 1.165) is 17.6 Å². The molecule has 2 aromatic heterocycles. The van der Waals surface area contributed by atoms with E-state index in [9.17, 15) is 9.59 Å². The van der Waals surface area contributed by atoms with Crippen molar-refractivity contribution in [2.45, 2.75) is 32.7 Å². The average molecular weight is 541 g/mol. The third-order valence-electron chi connectivity index (χ3n) is 5.96. The number of aliphatic imine (C=N–C) groups is 1. The number of urea groups is 1. The summed E-state index contributed by atoms with van der Waals surface area (Å²) in [7, 11) is 0. The average Bonchev–Trinajstić information content (AvgIpc) is 3.40. The number of nitrogens with zero attached hydrogens (tertiary/aromatic N) is 6. The summed E-state index contributed by atoms with van der Waals surface area (Å²) in [4.78, 5) is 37.1. The smallest absolute Gasteiger partial charge is 0.324 e. The molecule has 3 amide bonds. The molecule has 2 aromatic rings. The van der Waals surface area contributed by atoms with E-state index >= 15 is 0 Å². The summed E-state index contributed by atoms with van der Waals surface area (Å²) in [5.41, 5.74) is 9.01. The van der Waals surface area contributed by atoms with E-state index in [-0.39, 0.29) is 11.9 Å². The lowest BCUT2D eigenvalue weighted by molar-refractivity contribution is -0.121. The largest absolute Gasteiger partial charge is 0.383 e. The van der Waals surface area contributed by atoms with Gasteiger partial charge in [-0.25, -0.2) is 9.78 Å². The van der Waals surface area contributed by atoms with Crippen LogP contribution in [0.15, 0.2) is 46.0 Å². The monoisotopic (exact) mass is 540 g/mol. The highest BCUT2D eigenvalue weighted by atomic mass is 79.9. The zero-order chi connectivity index (χ0) is 24.9. The van der Waals surface area contributed by atoms with Crippen molar-refractivity contribution in [2.24, 2.45) is 4.99 Å². The molecule has 3 aliphatic heterocycles. The van der Waals surface area contributed by atoms with Crippen LogP contribution >= 0.6 is 15.9 Å². The Morgan fingerprint density at radius 1 is 1.17 bits per heavy atom. The Hall–Kier alpha value is -3.47. The summed E-state index contributed by atoms with van der Waals surface area (Å²) in [5.74, 6) is 0.763. The van der Waals surface area contributed by atoms with Crippen molar-refractivity contribution in [2.75, 3.05) is 36.8 Å². The highest BCUT2D eigenvalue weighted by molar-refractivity contribution is 9.10. The number of imide groups is 1. The topological polar surface area (TPSA) is 121 Å². The first kappa shape index (κ1) is 24.6. The number of piperazine rings is 1. The molecule has 3 aliphatic rings. The molecular formula is C24H29BrN8O2. The van der Waals surface area contributed by atoms with Gasteiger partial charge in [0.15, 0.2) is 5.65 Å². The molecule has 2 fully saturated rings. The molecule has 0 aromatic carbocycles. The van der Waals surface area contributed by atoms with E-state index in [4.69, 9.17) is 10.7 Å². The van der Waals surface area contributed by atoms with Crippen molar-refractivity contribution in [3.63, 3.8) is 0 Å². The van der Waals surface area contributed by atoms with E-state index in [1.54, 1.807) is 15.6 Å². The number of fused-ring (bicyclic) bond motifs is 2. The summed E-state index contributed by atoms with van der Waals surface area (Å²) < 4.78 is 2.22. The van der Waals surface area contributed by atoms with Gasteiger partial charge in [0.2, 0.25) is 0 Å². The molecule has 1 atom stereocenters. The molecule has 5 rings (SSSR count). The van der Waals surface area contributed by atoms with Crippen LogP contribution in [-0.4, -0.2) is 69.9 Å². The fourth-order valence-electron chi connectivity index (χ4n) is 4.23. The first-order valence-corrected chi connectivity index (χ1v) is 12.5. The number of nitrogens with one attached hydrogen (secondary N) is 1. The van der Waals surface area contributed by atoms with Crippen molar-refractivity contribution >= 4 is 56.9 Å². The lowest BCUT2D eigenvalue weighted by Gasteiger charge is -2.36. The number of nitrogens with two attached hydrogens (primary N) is 1. The maximum Gasteiger partial charge on any atom is 0.324 e. The number of nitrogen functional groups attached to an aromatic ring is 1. The minimum absolute atomic E-state index is 0.288. The molecule has 0 aliphatic carbocycles. The van der Waals surface area contributed by atoms with E-state index in [1.165, 1.54) is 0 Å². The van der Waals surface area contributed by atoms with Gasteiger partial charge in [-0.2, -0.15) is 9.61 Å². The van der Waals surface area contributed by atoms with Gasteiger partial charge >= 0.3 is 6.03 Å². The number of hydrogen-bond donors (Lipinski definition) is 2. The van der Waals surface area contributed by atoms with Crippen LogP contribution in [0.2, 0.25) is 0 Å². The zero-order valence-corrected chi connectivity index (χ0v) is 21.4. The van der Waals surface area contributed by atoms with E-state index in [0.29, 0.717) is 54.4 Å². The predicted molar refractivity (Wildman–Crippen MR) is 142 cm³/mol. The van der Waals surface area contributed by atoms with E-state index < -0.39 is 6.04 Å². The van der Waals surface area contributed by atoms with Crippen LogP contribution in [0.5, 0.6) is 0 Å². The lowest BCUT2D eigenvalue weighted by Crippen LogP contribution is -2.53. The molecule has 35 heavy (non-hydrogen) atoms. The van der Waals surface area contributed by atoms with Crippen molar-refractivity contribution in [1.82, 2.24) is 24.8 Å². The number of halogens is 1. The van der Waals surface area contributed by atoms with Gasteiger partial charge in [-0.1, -0.05) is 44.2 Å². The summed E-state index contributed by atoms with van der Waals surface area (Å²) in [6.07, 6.45) is 15.4. The minimum Gasteiger partial charge on any atom is -0.383 e. The molecular weight excluding hydrogens is 512 g/mol. The maximum absolute atomic E-state index is 12.2. The second-order valence-corrected chi connectivity index (χ2v) is 8.74. The number of amides is 3. The van der Waals surface area contributed by atoms with Gasteiger partial charge in [0.25, 0.3) is 5.91 Å². The molecule has 0 bridgehead atoms. The molecule has 5 heterocycles. The first-order valence-electron chi connectivity index (χ1n) is 11.7. The van der Waals surface area contributed by atoms with E-state index in [1.807, 2.05) is 43.2 Å². The van der Waals surface area contributed by atoms with Crippen LogP contribution in [0.4, 0.5) is 16.4 Å². The number of anilines is 2. The molecule has 0 saturated carbocycles. The SMILES string of the molecule is CC.Nc1c(Br)c(N2CCN3C(=O)NC(=O)C3C2)nc2c(/C3=C/C/C=C\C=C/CN=CC3)cnn12. The Labute approximate surface area is 212 Å². The van der Waals surface area contributed by atoms with Gasteiger partial charge in [-0.3, -0.25) is 15.1 Å². The Morgan fingerprint density at radius 2 is 1.97 bits per heavy atom. The van der Waals surface area contributed by atoms with Crippen LogP contribution in [-0.2, 0) is 4.79 Å². The van der Waals surface area contributed by atoms with Crippen LogP contribution in [0.3, 0.4) is 0 Å². The van der Waals surface area contributed by atoms with Crippen molar-refractivity contribution in [3.05, 3.63) is 46.6 Å². The number of allylic oxidation sites excluding steroid dienone is 5. The summed E-state index contributed by atoms with van der Waals surface area (Å²) in [6, 6.07) is -0.877. The maximum atomic E-state index is 12.2. The fourth-order valence-corrected chi connectivity index (χ4v) is 4.74. The van der Waals surface area contributed by atoms with Crippen molar-refractivity contribution < 1.29 is 9.59 Å². The van der Waals surface area contributed by atoms with Crippen LogP contribution in [0, 0.1) is 0 Å². The van der Waals surface area contributed by atoms with Gasteiger partial charge in [0.1, 0.15) is 22.2 Å². The van der Waals surface area contributed by atoms with E-state index in [2.05, 4.69) is 43.5 Å². The zero-order valence-electron chi connectivity index (χ0n) is 19.8. The van der Waals surface area contributed by atoms with Crippen molar-refractivity contribution in [1.29, 1.82) is 0 Å². The number of carbonyl (C=O) groups is 2. The molecule has 3 N–H and O–H groups in total. The van der Waals surface area contributed by atoms with Gasteiger partial charge in [0, 0.05) is 37.8 Å². The Kier molecular flexibility index (Phi) is 7.64. The van der Waals surface area contributed by atoms with Crippen LogP contribution in [0.25, 0.3) is 11.2 Å². The normalized spacial score (nSPS) is 23.5. The summed E-state index contributed by atoms with van der Waals surface area (Å²) in [5, 5.41) is 6.86. The molecule has 1 unspecified atom stereocenters. The summed E-state index contributed by atoms with van der Waals surface area (Å²) >= 11 is 3.57. The fraction of sp³-hybridized carbons (Fsp3) is 0.375. The highest BCUT2D eigenvalue weighted by Crippen LogP contribution is 2.34. The second-order valence-electron chi connectivity index (χ2n) is 7.95. The number of hydrogen-bond acceptors (Lipinski definition) is 7. The Balaban J connectivity index is 0.00000141. The quantitative estimate of drug-likeness (QED) is 0.564. The number of aromatic nitrogens is 3. The molecule has 0 spiro atoms. The molecule has 184 valence electrons. The lowest BCUT2D eigenvalue weighted by atomic mass is 10.0. The van der Waals surface area contributed by atoms with Crippen LogP contribution < -0.4 is 16.0 Å². The number of rotatable bonds is 2. The highest BCUT2D eigenvalue weighted by Gasteiger charge is 2.42. The minimum atomic E-state index is -0.539. The first-order chi connectivity index (χ1) is 17.0. The van der Waals surface area contributed by atoms with Crippen molar-refractivity contribution in [3.8, 4) is 0 Å². The van der Waals surface area contributed by atoms with Gasteiger partial charge < -0.3 is 15.5 Å². The van der Waals surface area contributed by atoms with Gasteiger partial charge in [-0.15, -0.1) is 0 Å². The Bertz CT molecular complexity index is 1250. The molecule has 0 radical (unpaired) electrons. The predicted octanol–water partition coefficient (Wildman–Crippen LogP) is 3.20. The standard InChI is InChI=1S/C22H23BrN8O2.C2H6/c23-17-18(24)31-19(15(12-26-31)14-6-4-2-1-3-5-8-25-9-7-14)27-20(17)29-10-11-30-16(13-29)21(32)28-22(30)33;1-2/h1-3,5-6,9,12,16H,4,7-8,10-11,13,24H2,(H,28,32,33);1-2H3/b2-1-,5-3-,14-6+,25-9?;.